The van der Waals surface area contributed by atoms with Crippen LogP contribution in [0.5, 0.6) is 0 Å². The maximum Gasteiger partial charge on any atom is 0.0916 e. The predicted octanol–water partition coefficient (Wildman–Crippen LogP) is 4.78. The minimum atomic E-state index is -0.830. The number of rotatable bonds is 1. The molecule has 1 N–H and O–H groups in total. The standard InChI is InChI=1S/C14H18Cl2O/c1-13(2)6-3-7-14(17,9-13)11-8-10(15)4-5-12(11)16/h4-5,8,17H,3,6-7,9H2,1-2H3. The lowest BCUT2D eigenvalue weighted by atomic mass is 9.67. The summed E-state index contributed by atoms with van der Waals surface area (Å²) in [4.78, 5) is 0. The van der Waals surface area contributed by atoms with E-state index in [2.05, 4.69) is 13.8 Å². The van der Waals surface area contributed by atoms with Gasteiger partial charge in [0.1, 0.15) is 0 Å². The molecule has 0 radical (unpaired) electrons. The molecule has 1 aliphatic carbocycles. The molecule has 1 aromatic carbocycles. The predicted molar refractivity (Wildman–Crippen MR) is 72.6 cm³/mol. The molecule has 0 aromatic heterocycles. The van der Waals surface area contributed by atoms with Crippen molar-refractivity contribution >= 4 is 23.2 Å². The largest absolute Gasteiger partial charge is 0.385 e. The van der Waals surface area contributed by atoms with E-state index in [4.69, 9.17) is 23.2 Å². The van der Waals surface area contributed by atoms with Crippen LogP contribution in [0.1, 0.15) is 45.1 Å². The van der Waals surface area contributed by atoms with E-state index < -0.39 is 5.60 Å². The average molecular weight is 273 g/mol. The molecular formula is C14H18Cl2O. The third-order valence-corrected chi connectivity index (χ3v) is 4.21. The number of hydrogen-bond acceptors (Lipinski definition) is 1. The molecule has 1 aliphatic rings. The molecule has 0 saturated heterocycles. The van der Waals surface area contributed by atoms with Crippen molar-refractivity contribution in [1.82, 2.24) is 0 Å². The third-order valence-electron chi connectivity index (χ3n) is 3.64. The summed E-state index contributed by atoms with van der Waals surface area (Å²) in [5.74, 6) is 0. The van der Waals surface area contributed by atoms with Crippen molar-refractivity contribution in [2.24, 2.45) is 5.41 Å². The van der Waals surface area contributed by atoms with Crippen molar-refractivity contribution in [3.63, 3.8) is 0 Å². The molecule has 1 saturated carbocycles. The van der Waals surface area contributed by atoms with E-state index in [0.717, 1.165) is 31.2 Å². The van der Waals surface area contributed by atoms with Crippen LogP contribution in [0.15, 0.2) is 18.2 Å². The highest BCUT2D eigenvalue weighted by atomic mass is 35.5. The fourth-order valence-electron chi connectivity index (χ4n) is 2.91. The first kappa shape index (κ1) is 13.2. The van der Waals surface area contributed by atoms with Gasteiger partial charge in [-0.05, 0) is 49.3 Å². The smallest absolute Gasteiger partial charge is 0.0916 e. The second-order valence-electron chi connectivity index (χ2n) is 5.85. The van der Waals surface area contributed by atoms with Gasteiger partial charge in [-0.1, -0.05) is 37.0 Å². The number of hydrogen-bond donors (Lipinski definition) is 1. The van der Waals surface area contributed by atoms with Crippen molar-refractivity contribution in [3.05, 3.63) is 33.8 Å². The molecule has 0 spiro atoms. The summed E-state index contributed by atoms with van der Waals surface area (Å²) in [6.07, 6.45) is 3.66. The van der Waals surface area contributed by atoms with Crippen LogP contribution < -0.4 is 0 Å². The van der Waals surface area contributed by atoms with Crippen molar-refractivity contribution in [3.8, 4) is 0 Å². The summed E-state index contributed by atoms with van der Waals surface area (Å²) in [5.41, 5.74) is 0.0991. The molecule has 2 rings (SSSR count). The molecule has 1 atom stereocenters. The summed E-state index contributed by atoms with van der Waals surface area (Å²) < 4.78 is 0. The first-order valence-electron chi connectivity index (χ1n) is 6.00. The molecule has 1 aromatic rings. The van der Waals surface area contributed by atoms with Crippen LogP contribution in [0.4, 0.5) is 0 Å². The van der Waals surface area contributed by atoms with Gasteiger partial charge in [0.15, 0.2) is 0 Å². The molecule has 0 aliphatic heterocycles. The van der Waals surface area contributed by atoms with Crippen LogP contribution in [0.25, 0.3) is 0 Å². The lowest BCUT2D eigenvalue weighted by Crippen LogP contribution is -2.36. The number of aliphatic hydroxyl groups is 1. The van der Waals surface area contributed by atoms with Gasteiger partial charge in [0.25, 0.3) is 0 Å². The Morgan fingerprint density at radius 3 is 2.53 bits per heavy atom. The SMILES string of the molecule is CC1(C)CCCC(O)(c2cc(Cl)ccc2Cl)C1. The normalized spacial score (nSPS) is 28.1. The second kappa shape index (κ2) is 4.46. The minimum absolute atomic E-state index is 0.151. The maximum atomic E-state index is 10.8. The van der Waals surface area contributed by atoms with Crippen molar-refractivity contribution in [2.75, 3.05) is 0 Å². The van der Waals surface area contributed by atoms with Crippen LogP contribution in [-0.2, 0) is 5.60 Å². The van der Waals surface area contributed by atoms with Gasteiger partial charge in [-0.3, -0.25) is 0 Å². The van der Waals surface area contributed by atoms with E-state index in [-0.39, 0.29) is 5.41 Å². The zero-order valence-corrected chi connectivity index (χ0v) is 11.8. The van der Waals surface area contributed by atoms with Crippen molar-refractivity contribution in [1.29, 1.82) is 0 Å². The first-order valence-corrected chi connectivity index (χ1v) is 6.76. The lowest BCUT2D eigenvalue weighted by Gasteiger charge is -2.42. The van der Waals surface area contributed by atoms with Crippen LogP contribution in [0.3, 0.4) is 0 Å². The molecule has 17 heavy (non-hydrogen) atoms. The van der Waals surface area contributed by atoms with Gasteiger partial charge in [-0.2, -0.15) is 0 Å². The Morgan fingerprint density at radius 2 is 1.88 bits per heavy atom. The summed E-state index contributed by atoms with van der Waals surface area (Å²) >= 11 is 12.2. The molecule has 0 heterocycles. The van der Waals surface area contributed by atoms with Crippen molar-refractivity contribution in [2.45, 2.75) is 45.1 Å². The Bertz CT molecular complexity index is 428. The van der Waals surface area contributed by atoms with Crippen molar-refractivity contribution < 1.29 is 5.11 Å². The summed E-state index contributed by atoms with van der Waals surface area (Å²) in [7, 11) is 0. The fourth-order valence-corrected chi connectivity index (χ4v) is 3.38. The Balaban J connectivity index is 2.40. The topological polar surface area (TPSA) is 20.2 Å². The molecule has 0 bridgehead atoms. The van der Waals surface area contributed by atoms with Crippen LogP contribution in [-0.4, -0.2) is 5.11 Å². The maximum absolute atomic E-state index is 10.8. The van der Waals surface area contributed by atoms with Gasteiger partial charge < -0.3 is 5.11 Å². The van der Waals surface area contributed by atoms with E-state index in [1.807, 2.05) is 0 Å². The van der Waals surface area contributed by atoms with E-state index in [1.165, 1.54) is 0 Å². The average Bonchev–Trinajstić information content (AvgIpc) is 2.19. The van der Waals surface area contributed by atoms with Crippen LogP contribution >= 0.6 is 23.2 Å². The lowest BCUT2D eigenvalue weighted by molar-refractivity contribution is -0.0439. The van der Waals surface area contributed by atoms with Gasteiger partial charge in [0.2, 0.25) is 0 Å². The van der Waals surface area contributed by atoms with Gasteiger partial charge in [-0.15, -0.1) is 0 Å². The highest BCUT2D eigenvalue weighted by Crippen LogP contribution is 2.48. The monoisotopic (exact) mass is 272 g/mol. The van der Waals surface area contributed by atoms with Gasteiger partial charge in [-0.25, -0.2) is 0 Å². The Hall–Kier alpha value is -0.240. The molecule has 3 heteroatoms. The summed E-state index contributed by atoms with van der Waals surface area (Å²) in [5, 5.41) is 12.1. The highest BCUT2D eigenvalue weighted by Gasteiger charge is 2.40. The Labute approximate surface area is 113 Å². The van der Waals surface area contributed by atoms with Gasteiger partial charge in [0, 0.05) is 15.6 Å². The molecule has 1 nitrogen and oxygen atoms in total. The Kier molecular flexibility index (Phi) is 3.46. The number of benzene rings is 1. The molecular weight excluding hydrogens is 255 g/mol. The minimum Gasteiger partial charge on any atom is -0.385 e. The van der Waals surface area contributed by atoms with Gasteiger partial charge in [0.05, 0.1) is 5.60 Å². The molecule has 1 fully saturated rings. The number of halogens is 2. The summed E-state index contributed by atoms with van der Waals surface area (Å²) in [6.45, 7) is 4.38. The van der Waals surface area contributed by atoms with Gasteiger partial charge >= 0.3 is 0 Å². The first-order chi connectivity index (χ1) is 7.82. The molecule has 0 amide bonds. The van der Waals surface area contributed by atoms with Crippen LogP contribution in [0.2, 0.25) is 10.0 Å². The third kappa shape index (κ3) is 2.78. The van der Waals surface area contributed by atoms with E-state index in [0.29, 0.717) is 10.0 Å². The van der Waals surface area contributed by atoms with E-state index in [9.17, 15) is 5.11 Å². The fraction of sp³-hybridized carbons (Fsp3) is 0.571. The second-order valence-corrected chi connectivity index (χ2v) is 6.69. The van der Waals surface area contributed by atoms with E-state index >= 15 is 0 Å². The zero-order chi connectivity index (χ0) is 12.7. The molecule has 1 unspecified atom stereocenters. The van der Waals surface area contributed by atoms with E-state index in [1.54, 1.807) is 18.2 Å². The molecule has 94 valence electrons. The highest BCUT2D eigenvalue weighted by molar-refractivity contribution is 6.33. The summed E-state index contributed by atoms with van der Waals surface area (Å²) in [6, 6.07) is 5.31. The zero-order valence-electron chi connectivity index (χ0n) is 10.3. The Morgan fingerprint density at radius 1 is 1.18 bits per heavy atom. The van der Waals surface area contributed by atoms with Crippen LogP contribution in [0, 0.1) is 5.41 Å². The quantitative estimate of drug-likeness (QED) is 0.780.